The second-order valence-electron chi connectivity index (χ2n) is 12.4. The summed E-state index contributed by atoms with van der Waals surface area (Å²) in [5, 5.41) is 5.00. The number of rotatable bonds is 11. The van der Waals surface area contributed by atoms with Crippen LogP contribution >= 0.6 is 23.5 Å². The summed E-state index contributed by atoms with van der Waals surface area (Å²) in [5.74, 6) is -0.427. The van der Waals surface area contributed by atoms with Gasteiger partial charge in [-0.3, -0.25) is 9.35 Å². The van der Waals surface area contributed by atoms with E-state index in [1.165, 1.54) is 0 Å². The van der Waals surface area contributed by atoms with Crippen molar-refractivity contribution in [2.45, 2.75) is 117 Å². The first-order valence-corrected chi connectivity index (χ1v) is 17.9. The monoisotopic (exact) mass is 628 g/mol. The van der Waals surface area contributed by atoms with Crippen LogP contribution in [0.2, 0.25) is 0 Å². The Morgan fingerprint density at radius 2 is 1.93 bits per heavy atom. The Kier molecular flexibility index (Phi) is 10.8. The lowest BCUT2D eigenvalue weighted by atomic mass is 9.65. The van der Waals surface area contributed by atoms with Gasteiger partial charge in [0.15, 0.2) is 0 Å². The SMILES string of the molecule is CC(CCC(=O)OCC1CSC(C2CC3CCCC(OC(=O)C(F)(F)S(=O)(=O)O)(C3)C2)S1)CC1CCCC(O)C1. The fourth-order valence-corrected chi connectivity index (χ4v) is 10.9. The summed E-state index contributed by atoms with van der Waals surface area (Å²) in [4.78, 5) is 24.5. The van der Waals surface area contributed by atoms with Crippen LogP contribution in [0.25, 0.3) is 0 Å². The van der Waals surface area contributed by atoms with E-state index < -0.39 is 26.9 Å². The third-order valence-corrected chi connectivity index (χ3v) is 13.4. The molecule has 0 aromatic rings. The Labute approximate surface area is 244 Å². The number of halogens is 2. The maximum Gasteiger partial charge on any atom is 0.465 e. The number of hydrogen-bond donors (Lipinski definition) is 2. The number of carbonyl (C=O) groups excluding carboxylic acids is 2. The summed E-state index contributed by atoms with van der Waals surface area (Å²) in [6.45, 7) is 2.46. The number of hydrogen-bond acceptors (Lipinski definition) is 9. The van der Waals surface area contributed by atoms with E-state index >= 15 is 0 Å². The highest BCUT2D eigenvalue weighted by Gasteiger charge is 2.58. The molecular weight excluding hydrogens is 586 g/mol. The molecule has 8 atom stereocenters. The van der Waals surface area contributed by atoms with Crippen molar-refractivity contribution in [3.05, 3.63) is 0 Å². The van der Waals surface area contributed by atoms with E-state index in [1.54, 1.807) is 23.5 Å². The molecule has 0 radical (unpaired) electrons. The largest absolute Gasteiger partial charge is 0.465 e. The molecule has 230 valence electrons. The van der Waals surface area contributed by atoms with Gasteiger partial charge in [0.1, 0.15) is 12.2 Å². The topological polar surface area (TPSA) is 127 Å². The van der Waals surface area contributed by atoms with Crippen LogP contribution < -0.4 is 0 Å². The van der Waals surface area contributed by atoms with Crippen molar-refractivity contribution in [2.75, 3.05) is 12.4 Å². The molecule has 1 aliphatic heterocycles. The first-order chi connectivity index (χ1) is 18.8. The van der Waals surface area contributed by atoms with Gasteiger partial charge in [-0.05, 0) is 81.5 Å². The van der Waals surface area contributed by atoms with Gasteiger partial charge in [-0.25, -0.2) is 4.79 Å². The number of aliphatic hydroxyl groups is 1. The molecule has 3 aliphatic carbocycles. The van der Waals surface area contributed by atoms with Crippen molar-refractivity contribution in [2.24, 2.45) is 23.7 Å². The lowest BCUT2D eigenvalue weighted by molar-refractivity contribution is -0.189. The summed E-state index contributed by atoms with van der Waals surface area (Å²) >= 11 is 3.45. The Morgan fingerprint density at radius 1 is 1.15 bits per heavy atom. The average Bonchev–Trinajstić information content (AvgIpc) is 3.34. The van der Waals surface area contributed by atoms with Crippen molar-refractivity contribution in [3.63, 3.8) is 0 Å². The zero-order valence-electron chi connectivity index (χ0n) is 23.0. The Hall–Kier alpha value is -0.630. The van der Waals surface area contributed by atoms with Crippen LogP contribution in [0.15, 0.2) is 0 Å². The van der Waals surface area contributed by atoms with Crippen LogP contribution in [-0.2, 0) is 29.2 Å². The molecule has 4 aliphatic rings. The molecule has 8 nitrogen and oxygen atoms in total. The van der Waals surface area contributed by atoms with Crippen molar-refractivity contribution in [1.82, 2.24) is 0 Å². The zero-order chi connectivity index (χ0) is 29.1. The van der Waals surface area contributed by atoms with Gasteiger partial charge in [0.05, 0.1) is 10.7 Å². The predicted molar refractivity (Wildman–Crippen MR) is 150 cm³/mol. The molecule has 0 aromatic heterocycles. The fourth-order valence-electron chi connectivity index (χ4n) is 7.11. The van der Waals surface area contributed by atoms with E-state index in [2.05, 4.69) is 6.92 Å². The fraction of sp³-hybridized carbons (Fsp3) is 0.926. The molecule has 8 unspecified atom stereocenters. The summed E-state index contributed by atoms with van der Waals surface area (Å²) in [6.07, 6.45) is 9.57. The molecule has 40 heavy (non-hydrogen) atoms. The molecule has 13 heteroatoms. The number of alkyl halides is 2. The van der Waals surface area contributed by atoms with Gasteiger partial charge in [0.25, 0.3) is 0 Å². The summed E-state index contributed by atoms with van der Waals surface area (Å²) < 4.78 is 69.7. The number of aliphatic hydroxyl groups excluding tert-OH is 1. The third-order valence-electron chi connectivity index (χ3n) is 8.97. The lowest BCUT2D eigenvalue weighted by Crippen LogP contribution is -2.51. The highest BCUT2D eigenvalue weighted by Crippen LogP contribution is 2.54. The first kappa shape index (κ1) is 32.3. The van der Waals surface area contributed by atoms with Crippen molar-refractivity contribution in [1.29, 1.82) is 0 Å². The van der Waals surface area contributed by atoms with Crippen LogP contribution in [0, 0.1) is 23.7 Å². The quantitative estimate of drug-likeness (QED) is 0.226. The van der Waals surface area contributed by atoms with E-state index in [0.29, 0.717) is 50.5 Å². The third kappa shape index (κ3) is 8.26. The summed E-state index contributed by atoms with van der Waals surface area (Å²) in [6, 6.07) is 0. The molecule has 4 fully saturated rings. The van der Waals surface area contributed by atoms with Gasteiger partial charge in [-0.15, -0.1) is 23.5 Å². The molecular formula is C27H42F2O8S3. The van der Waals surface area contributed by atoms with E-state index in [1.807, 2.05) is 0 Å². The van der Waals surface area contributed by atoms with Gasteiger partial charge < -0.3 is 14.6 Å². The Bertz CT molecular complexity index is 1010. The molecule has 4 rings (SSSR count). The Morgan fingerprint density at radius 3 is 2.65 bits per heavy atom. The van der Waals surface area contributed by atoms with E-state index in [4.69, 9.17) is 14.0 Å². The first-order valence-electron chi connectivity index (χ1n) is 14.5. The average molecular weight is 629 g/mol. The number of fused-ring (bicyclic) bond motifs is 2. The second-order valence-corrected chi connectivity index (χ2v) is 16.8. The van der Waals surface area contributed by atoms with Crippen molar-refractivity contribution in [3.8, 4) is 0 Å². The predicted octanol–water partition coefficient (Wildman–Crippen LogP) is 5.42. The minimum Gasteiger partial charge on any atom is -0.464 e. The number of thioether (sulfide) groups is 2. The van der Waals surface area contributed by atoms with Gasteiger partial charge >= 0.3 is 27.3 Å². The number of esters is 2. The summed E-state index contributed by atoms with van der Waals surface area (Å²) in [7, 11) is -5.92. The van der Waals surface area contributed by atoms with Crippen LogP contribution in [-0.4, -0.2) is 69.2 Å². The molecule has 2 bridgehead atoms. The maximum atomic E-state index is 13.9. The standard InChI is InChI=1S/C27H42F2O8S3/c1-17(10-18-4-2-6-21(30)12-18)7-8-23(31)36-15-22-16-38-24(39-22)20-11-19-5-3-9-26(13-19,14-20)37-25(32)27(28,29)40(33,34)35/h17-22,24,30H,2-16H2,1H3,(H,33,34,35). The van der Waals surface area contributed by atoms with E-state index in [0.717, 1.165) is 57.1 Å². The molecule has 0 amide bonds. The number of ether oxygens (including phenoxy) is 2. The van der Waals surface area contributed by atoms with E-state index in [-0.39, 0.29) is 33.7 Å². The second kappa shape index (κ2) is 13.3. The number of carbonyl (C=O) groups is 2. The Balaban J connectivity index is 1.22. The molecule has 2 N–H and O–H groups in total. The van der Waals surface area contributed by atoms with Crippen LogP contribution in [0.1, 0.15) is 90.4 Å². The molecule has 0 aromatic carbocycles. The molecule has 3 saturated carbocycles. The van der Waals surface area contributed by atoms with Crippen LogP contribution in [0.5, 0.6) is 0 Å². The maximum absolute atomic E-state index is 13.9. The van der Waals surface area contributed by atoms with Gasteiger partial charge in [0.2, 0.25) is 0 Å². The molecule has 1 heterocycles. The molecule has 1 saturated heterocycles. The van der Waals surface area contributed by atoms with Crippen molar-refractivity contribution < 1.29 is 45.9 Å². The van der Waals surface area contributed by atoms with Crippen LogP contribution in [0.4, 0.5) is 8.78 Å². The van der Waals surface area contributed by atoms with Gasteiger partial charge in [0, 0.05) is 17.4 Å². The zero-order valence-corrected chi connectivity index (χ0v) is 25.4. The van der Waals surface area contributed by atoms with Gasteiger partial charge in [-0.2, -0.15) is 17.2 Å². The highest BCUT2D eigenvalue weighted by atomic mass is 32.2. The van der Waals surface area contributed by atoms with Crippen LogP contribution in [0.3, 0.4) is 0 Å². The van der Waals surface area contributed by atoms with Crippen molar-refractivity contribution >= 4 is 45.6 Å². The minimum atomic E-state index is -5.92. The van der Waals surface area contributed by atoms with E-state index in [9.17, 15) is 31.9 Å². The lowest BCUT2D eigenvalue weighted by Gasteiger charge is -2.48. The van der Waals surface area contributed by atoms with Gasteiger partial charge in [-0.1, -0.05) is 26.2 Å². The minimum absolute atomic E-state index is 0.0843. The smallest absolute Gasteiger partial charge is 0.464 e. The normalized spacial score (nSPS) is 35.6. The molecule has 0 spiro atoms. The highest BCUT2D eigenvalue weighted by molar-refractivity contribution is 8.20. The summed E-state index contributed by atoms with van der Waals surface area (Å²) in [5.41, 5.74) is -1.16.